The van der Waals surface area contributed by atoms with Crippen LogP contribution in [0.15, 0.2) is 59.5 Å². The molecule has 0 fully saturated rings. The van der Waals surface area contributed by atoms with Crippen molar-refractivity contribution < 1.29 is 14.3 Å². The number of carbonyl (C=O) groups excluding carboxylic acids is 2. The number of hydrogen-bond acceptors (Lipinski definition) is 4. The summed E-state index contributed by atoms with van der Waals surface area (Å²) in [5.41, 5.74) is 1.21. The molecule has 20 heavy (non-hydrogen) atoms. The zero-order chi connectivity index (χ0) is 14.4. The largest absolute Gasteiger partial charge is 0.465 e. The molecule has 4 nitrogen and oxygen atoms in total. The highest BCUT2D eigenvalue weighted by molar-refractivity contribution is 8.13. The highest BCUT2D eigenvalue weighted by Gasteiger charge is 2.07. The molecule has 1 N–H and O–H groups in total. The Kier molecular flexibility index (Phi) is 4.79. The minimum Gasteiger partial charge on any atom is -0.465 e. The van der Waals surface area contributed by atoms with Gasteiger partial charge in [0.1, 0.15) is 0 Å². The van der Waals surface area contributed by atoms with Crippen molar-refractivity contribution in [2.24, 2.45) is 0 Å². The second-order valence-electron chi connectivity index (χ2n) is 3.90. The average molecular weight is 287 g/mol. The van der Waals surface area contributed by atoms with Crippen molar-refractivity contribution in [1.82, 2.24) is 0 Å². The Morgan fingerprint density at radius 3 is 2.25 bits per heavy atom. The van der Waals surface area contributed by atoms with Crippen LogP contribution in [0, 0.1) is 0 Å². The number of benzene rings is 2. The Labute approximate surface area is 121 Å². The van der Waals surface area contributed by atoms with Crippen LogP contribution in [-0.2, 0) is 4.74 Å². The van der Waals surface area contributed by atoms with E-state index in [4.69, 9.17) is 0 Å². The third kappa shape index (κ3) is 3.86. The fourth-order valence-corrected chi connectivity index (χ4v) is 2.20. The molecule has 0 saturated heterocycles. The number of thioether (sulfide) groups is 1. The maximum atomic E-state index is 11.8. The summed E-state index contributed by atoms with van der Waals surface area (Å²) in [5, 5.41) is 2.59. The Morgan fingerprint density at radius 1 is 1.00 bits per heavy atom. The number of rotatable bonds is 3. The van der Waals surface area contributed by atoms with E-state index in [1.807, 2.05) is 30.3 Å². The summed E-state index contributed by atoms with van der Waals surface area (Å²) in [6.45, 7) is 0. The highest BCUT2D eigenvalue weighted by atomic mass is 32.2. The van der Waals surface area contributed by atoms with Crippen molar-refractivity contribution in [3.05, 3.63) is 60.2 Å². The summed E-state index contributed by atoms with van der Waals surface area (Å²) in [7, 11) is 1.33. The van der Waals surface area contributed by atoms with Gasteiger partial charge in [0.15, 0.2) is 0 Å². The summed E-state index contributed by atoms with van der Waals surface area (Å²) in [4.78, 5) is 23.9. The molecule has 2 aromatic carbocycles. The number of amides is 1. The molecule has 2 rings (SSSR count). The van der Waals surface area contributed by atoms with E-state index < -0.39 is 5.97 Å². The van der Waals surface area contributed by atoms with Gasteiger partial charge in [0.2, 0.25) is 0 Å². The number of esters is 1. The molecule has 0 spiro atoms. The maximum absolute atomic E-state index is 11.8. The van der Waals surface area contributed by atoms with Gasteiger partial charge in [-0.05, 0) is 48.2 Å². The van der Waals surface area contributed by atoms with E-state index in [1.54, 1.807) is 24.3 Å². The first-order valence-electron chi connectivity index (χ1n) is 5.91. The Morgan fingerprint density at radius 2 is 1.65 bits per heavy atom. The molecule has 0 saturated carbocycles. The lowest BCUT2D eigenvalue weighted by atomic mass is 10.2. The molecule has 102 valence electrons. The molecule has 0 heterocycles. The van der Waals surface area contributed by atoms with Gasteiger partial charge >= 0.3 is 5.97 Å². The third-order valence-electron chi connectivity index (χ3n) is 2.51. The first-order valence-corrected chi connectivity index (χ1v) is 6.73. The van der Waals surface area contributed by atoms with Gasteiger partial charge in [0.25, 0.3) is 5.24 Å². The number of ether oxygens (including phenoxy) is 1. The first kappa shape index (κ1) is 14.1. The second kappa shape index (κ2) is 6.77. The first-order chi connectivity index (χ1) is 9.69. The highest BCUT2D eigenvalue weighted by Crippen LogP contribution is 2.21. The Balaban J connectivity index is 1.96. The van der Waals surface area contributed by atoms with Crippen LogP contribution in [0.1, 0.15) is 10.4 Å². The van der Waals surface area contributed by atoms with Crippen LogP contribution in [0.25, 0.3) is 0 Å². The maximum Gasteiger partial charge on any atom is 0.337 e. The zero-order valence-corrected chi connectivity index (χ0v) is 11.6. The monoisotopic (exact) mass is 287 g/mol. The van der Waals surface area contributed by atoms with Gasteiger partial charge in [-0.15, -0.1) is 0 Å². The van der Waals surface area contributed by atoms with Crippen LogP contribution in [-0.4, -0.2) is 18.3 Å². The van der Waals surface area contributed by atoms with Crippen LogP contribution >= 0.6 is 11.8 Å². The quantitative estimate of drug-likeness (QED) is 0.689. The predicted octanol–water partition coefficient (Wildman–Crippen LogP) is 3.80. The molecule has 0 radical (unpaired) electrons. The normalized spacial score (nSPS) is 9.85. The SMILES string of the molecule is COC(=O)c1ccc(SC(=O)Nc2ccccc2)cc1. The van der Waals surface area contributed by atoms with Gasteiger partial charge in [-0.2, -0.15) is 0 Å². The number of anilines is 1. The summed E-state index contributed by atoms with van der Waals surface area (Å²) >= 11 is 1.06. The van der Waals surface area contributed by atoms with Crippen molar-refractivity contribution >= 4 is 28.7 Å². The van der Waals surface area contributed by atoms with E-state index >= 15 is 0 Å². The molecule has 0 aliphatic rings. The summed E-state index contributed by atoms with van der Waals surface area (Å²) in [6, 6.07) is 15.9. The average Bonchev–Trinajstić information content (AvgIpc) is 2.48. The van der Waals surface area contributed by atoms with Crippen LogP contribution in [0.4, 0.5) is 10.5 Å². The van der Waals surface area contributed by atoms with Crippen molar-refractivity contribution in [2.75, 3.05) is 12.4 Å². The van der Waals surface area contributed by atoms with Crippen molar-refractivity contribution in [3.63, 3.8) is 0 Å². The molecule has 2 aromatic rings. The lowest BCUT2D eigenvalue weighted by Gasteiger charge is -2.05. The van der Waals surface area contributed by atoms with Crippen LogP contribution in [0.3, 0.4) is 0 Å². The Hall–Kier alpha value is -2.27. The summed E-state index contributed by atoms with van der Waals surface area (Å²) in [5.74, 6) is -0.393. The van der Waals surface area contributed by atoms with E-state index in [-0.39, 0.29) is 5.24 Å². The van der Waals surface area contributed by atoms with E-state index in [0.29, 0.717) is 5.56 Å². The molecule has 0 unspecified atom stereocenters. The number of para-hydroxylation sites is 1. The van der Waals surface area contributed by atoms with Crippen molar-refractivity contribution in [3.8, 4) is 0 Å². The molecule has 0 aromatic heterocycles. The van der Waals surface area contributed by atoms with Gasteiger partial charge in [-0.1, -0.05) is 18.2 Å². The number of hydrogen-bond donors (Lipinski definition) is 1. The van der Waals surface area contributed by atoms with Gasteiger partial charge in [0, 0.05) is 10.6 Å². The molecule has 1 amide bonds. The van der Waals surface area contributed by atoms with E-state index in [9.17, 15) is 9.59 Å². The van der Waals surface area contributed by atoms with Gasteiger partial charge < -0.3 is 10.1 Å². The van der Waals surface area contributed by atoms with Crippen LogP contribution in [0.5, 0.6) is 0 Å². The van der Waals surface area contributed by atoms with Crippen molar-refractivity contribution in [1.29, 1.82) is 0 Å². The molecular formula is C15H13NO3S. The zero-order valence-electron chi connectivity index (χ0n) is 10.8. The predicted molar refractivity (Wildman–Crippen MR) is 79.1 cm³/mol. The van der Waals surface area contributed by atoms with Crippen LogP contribution < -0.4 is 5.32 Å². The third-order valence-corrected chi connectivity index (χ3v) is 3.30. The summed E-state index contributed by atoms with van der Waals surface area (Å²) < 4.78 is 4.61. The lowest BCUT2D eigenvalue weighted by Crippen LogP contribution is -2.04. The molecule has 0 aliphatic carbocycles. The van der Waals surface area contributed by atoms with E-state index in [2.05, 4.69) is 10.1 Å². The number of methoxy groups -OCH3 is 1. The Bertz CT molecular complexity index is 596. The van der Waals surface area contributed by atoms with E-state index in [1.165, 1.54) is 7.11 Å². The number of nitrogens with one attached hydrogen (secondary N) is 1. The molecule has 0 aliphatic heterocycles. The van der Waals surface area contributed by atoms with Gasteiger partial charge in [-0.3, -0.25) is 4.79 Å². The lowest BCUT2D eigenvalue weighted by molar-refractivity contribution is 0.0600. The molecule has 0 atom stereocenters. The van der Waals surface area contributed by atoms with Gasteiger partial charge in [0.05, 0.1) is 12.7 Å². The minimum absolute atomic E-state index is 0.179. The molecule has 5 heteroatoms. The van der Waals surface area contributed by atoms with Crippen LogP contribution in [0.2, 0.25) is 0 Å². The molecular weight excluding hydrogens is 274 g/mol. The minimum atomic E-state index is -0.393. The van der Waals surface area contributed by atoms with Gasteiger partial charge in [-0.25, -0.2) is 4.79 Å². The fourth-order valence-electron chi connectivity index (χ4n) is 1.55. The smallest absolute Gasteiger partial charge is 0.337 e. The second-order valence-corrected chi connectivity index (χ2v) is 4.94. The number of carbonyl (C=O) groups is 2. The molecule has 0 bridgehead atoms. The summed E-state index contributed by atoms with van der Waals surface area (Å²) in [6.07, 6.45) is 0. The van der Waals surface area contributed by atoms with E-state index in [0.717, 1.165) is 22.3 Å². The topological polar surface area (TPSA) is 55.4 Å². The standard InChI is InChI=1S/C15H13NO3S/c1-19-14(17)11-7-9-13(10-8-11)20-15(18)16-12-5-3-2-4-6-12/h2-10H,1H3,(H,16,18). The van der Waals surface area contributed by atoms with Crippen molar-refractivity contribution in [2.45, 2.75) is 4.90 Å². The fraction of sp³-hybridized carbons (Fsp3) is 0.0667.